The Morgan fingerprint density at radius 2 is 2.15 bits per heavy atom. The topological polar surface area (TPSA) is 35.5 Å². The van der Waals surface area contributed by atoms with Gasteiger partial charge in [-0.1, -0.05) is 18.2 Å². The van der Waals surface area contributed by atoms with Crippen LogP contribution < -0.4 is 5.32 Å². The van der Waals surface area contributed by atoms with Crippen LogP contribution in [0.2, 0.25) is 0 Å². The summed E-state index contributed by atoms with van der Waals surface area (Å²) in [4.78, 5) is 2.40. The first-order valence-corrected chi connectivity index (χ1v) is 7.77. The lowest BCUT2D eigenvalue weighted by atomic mass is 10.0. The van der Waals surface area contributed by atoms with Crippen molar-refractivity contribution in [2.45, 2.75) is 45.7 Å². The largest absolute Gasteiger partial charge is 0.395 e. The number of aliphatic hydroxyl groups is 1. The second-order valence-corrected chi connectivity index (χ2v) is 6.03. The molecule has 0 radical (unpaired) electrons. The molecule has 2 N–H and O–H groups in total. The Balaban J connectivity index is 2.07. The van der Waals surface area contributed by atoms with Gasteiger partial charge in [-0.2, -0.15) is 0 Å². The maximum absolute atomic E-state index is 9.34. The predicted molar refractivity (Wildman–Crippen MR) is 84.0 cm³/mol. The molecule has 3 heteroatoms. The highest BCUT2D eigenvalue weighted by Gasteiger charge is 2.22. The lowest BCUT2D eigenvalue weighted by Gasteiger charge is -2.31. The second kappa shape index (κ2) is 7.21. The van der Waals surface area contributed by atoms with Crippen LogP contribution >= 0.6 is 0 Å². The predicted octanol–water partition coefficient (Wildman–Crippen LogP) is 2.41. The number of rotatable bonds is 6. The molecule has 2 rings (SSSR count). The highest BCUT2D eigenvalue weighted by molar-refractivity contribution is 5.31. The Hall–Kier alpha value is -0.900. The molecule has 1 aromatic carbocycles. The van der Waals surface area contributed by atoms with E-state index >= 15 is 0 Å². The fraction of sp³-hybridized carbons (Fsp3) is 0.647. The van der Waals surface area contributed by atoms with Crippen LogP contribution in [-0.2, 0) is 0 Å². The van der Waals surface area contributed by atoms with Crippen molar-refractivity contribution in [1.29, 1.82) is 0 Å². The van der Waals surface area contributed by atoms with Gasteiger partial charge in [0.25, 0.3) is 0 Å². The van der Waals surface area contributed by atoms with Gasteiger partial charge in [-0.15, -0.1) is 0 Å². The van der Waals surface area contributed by atoms with Crippen LogP contribution in [0.1, 0.15) is 42.5 Å². The van der Waals surface area contributed by atoms with Crippen molar-refractivity contribution in [3.05, 3.63) is 34.9 Å². The Kier molecular flexibility index (Phi) is 5.58. The summed E-state index contributed by atoms with van der Waals surface area (Å²) in [6, 6.07) is 7.64. The zero-order valence-electron chi connectivity index (χ0n) is 13.0. The molecular weight excluding hydrogens is 248 g/mol. The number of nitrogens with one attached hydrogen (secondary N) is 1. The fourth-order valence-corrected chi connectivity index (χ4v) is 3.00. The van der Waals surface area contributed by atoms with E-state index < -0.39 is 0 Å². The van der Waals surface area contributed by atoms with Crippen LogP contribution in [0.4, 0.5) is 0 Å². The summed E-state index contributed by atoms with van der Waals surface area (Å²) >= 11 is 0. The van der Waals surface area contributed by atoms with Gasteiger partial charge in [0.2, 0.25) is 0 Å². The van der Waals surface area contributed by atoms with E-state index in [0.29, 0.717) is 12.1 Å². The molecule has 3 nitrogen and oxygen atoms in total. The number of hydrogen-bond acceptors (Lipinski definition) is 3. The van der Waals surface area contributed by atoms with E-state index in [2.05, 4.69) is 49.2 Å². The monoisotopic (exact) mass is 276 g/mol. The van der Waals surface area contributed by atoms with Gasteiger partial charge in [-0.25, -0.2) is 0 Å². The lowest BCUT2D eigenvalue weighted by Crippen LogP contribution is -2.40. The molecule has 1 fully saturated rings. The molecule has 112 valence electrons. The third-order valence-corrected chi connectivity index (χ3v) is 4.57. The first-order chi connectivity index (χ1) is 9.61. The number of nitrogens with zero attached hydrogens (tertiary/aromatic N) is 1. The van der Waals surface area contributed by atoms with Gasteiger partial charge in [-0.3, -0.25) is 4.90 Å². The molecule has 0 aromatic heterocycles. The molecular formula is C17H28N2O. The number of aryl methyl sites for hydroxylation is 2. The number of hydrogen-bond donors (Lipinski definition) is 2. The SMILES string of the molecule is Cc1ccc(C(C)N(CCO)CC2CCCN2)cc1C. The molecule has 0 aliphatic carbocycles. The summed E-state index contributed by atoms with van der Waals surface area (Å²) in [5.41, 5.74) is 4.03. The van der Waals surface area contributed by atoms with Crippen LogP contribution in [0.25, 0.3) is 0 Å². The van der Waals surface area contributed by atoms with Gasteiger partial charge in [0.15, 0.2) is 0 Å². The molecule has 2 unspecified atom stereocenters. The third-order valence-electron chi connectivity index (χ3n) is 4.57. The summed E-state index contributed by atoms with van der Waals surface area (Å²) in [6.07, 6.45) is 2.53. The molecule has 1 aliphatic rings. The first kappa shape index (κ1) is 15.5. The summed E-state index contributed by atoms with van der Waals surface area (Å²) in [7, 11) is 0. The van der Waals surface area contributed by atoms with Crippen molar-refractivity contribution < 1.29 is 5.11 Å². The van der Waals surface area contributed by atoms with Crippen molar-refractivity contribution in [2.75, 3.05) is 26.2 Å². The van der Waals surface area contributed by atoms with Crippen LogP contribution in [0.3, 0.4) is 0 Å². The molecule has 1 saturated heterocycles. The van der Waals surface area contributed by atoms with E-state index in [9.17, 15) is 5.11 Å². The van der Waals surface area contributed by atoms with E-state index in [1.165, 1.54) is 29.5 Å². The molecule has 20 heavy (non-hydrogen) atoms. The maximum Gasteiger partial charge on any atom is 0.0558 e. The van der Waals surface area contributed by atoms with Crippen molar-refractivity contribution >= 4 is 0 Å². The van der Waals surface area contributed by atoms with Crippen molar-refractivity contribution in [3.63, 3.8) is 0 Å². The van der Waals surface area contributed by atoms with Gasteiger partial charge in [0.1, 0.15) is 0 Å². The zero-order valence-corrected chi connectivity index (χ0v) is 13.0. The van der Waals surface area contributed by atoms with Crippen LogP contribution in [0, 0.1) is 13.8 Å². The van der Waals surface area contributed by atoms with Crippen molar-refractivity contribution in [3.8, 4) is 0 Å². The minimum Gasteiger partial charge on any atom is -0.395 e. The Bertz CT molecular complexity index is 427. The molecule has 2 atom stereocenters. The molecule has 0 bridgehead atoms. The quantitative estimate of drug-likeness (QED) is 0.837. The second-order valence-electron chi connectivity index (χ2n) is 6.03. The van der Waals surface area contributed by atoms with Crippen LogP contribution in [0.15, 0.2) is 18.2 Å². The molecule has 0 amide bonds. The molecule has 1 aliphatic heterocycles. The van der Waals surface area contributed by atoms with E-state index in [4.69, 9.17) is 0 Å². The van der Waals surface area contributed by atoms with Gasteiger partial charge < -0.3 is 10.4 Å². The third kappa shape index (κ3) is 3.81. The van der Waals surface area contributed by atoms with Gasteiger partial charge in [-0.05, 0) is 56.8 Å². The zero-order chi connectivity index (χ0) is 14.5. The highest BCUT2D eigenvalue weighted by Crippen LogP contribution is 2.23. The van der Waals surface area contributed by atoms with E-state index in [0.717, 1.165) is 19.6 Å². The lowest BCUT2D eigenvalue weighted by molar-refractivity contribution is 0.147. The summed E-state index contributed by atoms with van der Waals surface area (Å²) in [5.74, 6) is 0. The average molecular weight is 276 g/mol. The van der Waals surface area contributed by atoms with Crippen LogP contribution in [-0.4, -0.2) is 42.3 Å². The maximum atomic E-state index is 9.34. The Labute approximate surface area is 123 Å². The number of aliphatic hydroxyl groups excluding tert-OH is 1. The highest BCUT2D eigenvalue weighted by atomic mass is 16.3. The molecule has 0 saturated carbocycles. The summed E-state index contributed by atoms with van der Waals surface area (Å²) in [5, 5.41) is 12.9. The normalized spacial score (nSPS) is 20.6. The minimum atomic E-state index is 0.224. The standard InChI is InChI=1S/C17H28N2O/c1-13-6-7-16(11-14(13)2)15(3)19(9-10-20)12-17-5-4-8-18-17/h6-7,11,15,17-18,20H,4-5,8-10,12H2,1-3H3. The summed E-state index contributed by atoms with van der Waals surface area (Å²) < 4.78 is 0. The minimum absolute atomic E-state index is 0.224. The van der Waals surface area contributed by atoms with E-state index in [-0.39, 0.29) is 6.61 Å². The van der Waals surface area contributed by atoms with Gasteiger partial charge >= 0.3 is 0 Å². The van der Waals surface area contributed by atoms with Gasteiger partial charge in [0.05, 0.1) is 6.61 Å². The molecule has 0 spiro atoms. The smallest absolute Gasteiger partial charge is 0.0558 e. The fourth-order valence-electron chi connectivity index (χ4n) is 3.00. The van der Waals surface area contributed by atoms with Gasteiger partial charge in [0, 0.05) is 25.2 Å². The number of benzene rings is 1. The molecule has 1 heterocycles. The average Bonchev–Trinajstić information content (AvgIpc) is 2.93. The van der Waals surface area contributed by atoms with Crippen molar-refractivity contribution in [1.82, 2.24) is 10.2 Å². The summed E-state index contributed by atoms with van der Waals surface area (Å²) in [6.45, 7) is 9.69. The van der Waals surface area contributed by atoms with Crippen LogP contribution in [0.5, 0.6) is 0 Å². The first-order valence-electron chi connectivity index (χ1n) is 7.77. The Morgan fingerprint density at radius 3 is 2.75 bits per heavy atom. The molecule has 1 aromatic rings. The van der Waals surface area contributed by atoms with E-state index in [1.54, 1.807) is 0 Å². The van der Waals surface area contributed by atoms with Crippen molar-refractivity contribution in [2.24, 2.45) is 0 Å². The van der Waals surface area contributed by atoms with E-state index in [1.807, 2.05) is 0 Å². The Morgan fingerprint density at radius 1 is 1.35 bits per heavy atom.